The van der Waals surface area contributed by atoms with Crippen molar-refractivity contribution >= 4 is 34.6 Å². The average molecular weight is 272 g/mol. The van der Waals surface area contributed by atoms with Crippen LogP contribution in [0.4, 0.5) is 0 Å². The summed E-state index contributed by atoms with van der Waals surface area (Å²) in [5.74, 6) is 0.0789. The van der Waals surface area contributed by atoms with Crippen LogP contribution in [0.1, 0.15) is 42.1 Å². The van der Waals surface area contributed by atoms with Crippen LogP contribution in [-0.4, -0.2) is 38.5 Å². The first-order chi connectivity index (χ1) is 7.97. The zero-order valence-electron chi connectivity index (χ0n) is 10.1. The summed E-state index contributed by atoms with van der Waals surface area (Å²) in [6.07, 6.45) is 0. The molecule has 94 valence electrons. The Morgan fingerprint density at radius 1 is 1.59 bits per heavy atom. The van der Waals surface area contributed by atoms with Gasteiger partial charge >= 0.3 is 0 Å². The second kappa shape index (κ2) is 6.02. The highest BCUT2D eigenvalue weighted by atomic mass is 32.1. The summed E-state index contributed by atoms with van der Waals surface area (Å²) >= 11 is 5.95. The maximum absolute atomic E-state index is 12.2. The molecule has 0 aromatic carbocycles. The highest BCUT2D eigenvalue weighted by molar-refractivity contribution is 7.80. The van der Waals surface area contributed by atoms with Gasteiger partial charge in [-0.15, -0.1) is 5.10 Å². The number of likely N-dealkylation sites (N-methyl/N-ethyl adjacent to an activating group) is 1. The van der Waals surface area contributed by atoms with Gasteiger partial charge in [0, 0.05) is 6.54 Å². The first-order valence-electron chi connectivity index (χ1n) is 5.37. The van der Waals surface area contributed by atoms with Gasteiger partial charge in [0.2, 0.25) is 0 Å². The predicted octanol–water partition coefficient (Wildman–Crippen LogP) is 1.41. The molecule has 1 amide bonds. The lowest BCUT2D eigenvalue weighted by Crippen LogP contribution is -2.37. The minimum atomic E-state index is -0.0981. The molecule has 0 aliphatic heterocycles. The lowest BCUT2D eigenvalue weighted by atomic mass is 10.1. The van der Waals surface area contributed by atoms with Crippen molar-refractivity contribution in [2.45, 2.75) is 26.7 Å². The van der Waals surface area contributed by atoms with E-state index in [-0.39, 0.29) is 11.8 Å². The molecular formula is C10H16N4OS2. The van der Waals surface area contributed by atoms with Crippen LogP contribution in [0.15, 0.2) is 0 Å². The number of nitrogens with zero attached hydrogens (tertiary/aromatic N) is 3. The minimum absolute atomic E-state index is 0.0981. The maximum atomic E-state index is 12.2. The third kappa shape index (κ3) is 3.44. The van der Waals surface area contributed by atoms with E-state index in [1.165, 1.54) is 0 Å². The molecule has 1 aromatic rings. The molecule has 0 saturated carbocycles. The third-order valence-electron chi connectivity index (χ3n) is 2.27. The molecule has 0 atom stereocenters. The van der Waals surface area contributed by atoms with E-state index in [9.17, 15) is 4.79 Å². The number of carbonyl (C=O) groups is 1. The molecule has 0 radical (unpaired) electrons. The standard InChI is InChI=1S/C10H16N4OS2/c1-4-14(5-7(11)16)10(15)9-8(6(2)3)12-13-17-9/h6H,4-5H2,1-3H3,(H2,11,16). The van der Waals surface area contributed by atoms with Crippen molar-refractivity contribution in [2.75, 3.05) is 13.1 Å². The summed E-state index contributed by atoms with van der Waals surface area (Å²) in [4.78, 5) is 14.7. The highest BCUT2D eigenvalue weighted by Crippen LogP contribution is 2.21. The molecule has 5 nitrogen and oxygen atoms in total. The van der Waals surface area contributed by atoms with Crippen molar-refractivity contribution in [3.05, 3.63) is 10.6 Å². The molecule has 1 aromatic heterocycles. The Labute approximate surface area is 110 Å². The van der Waals surface area contributed by atoms with Crippen LogP contribution in [0, 0.1) is 0 Å². The molecule has 0 unspecified atom stereocenters. The smallest absolute Gasteiger partial charge is 0.267 e. The van der Waals surface area contributed by atoms with Gasteiger partial charge in [0.05, 0.1) is 17.2 Å². The van der Waals surface area contributed by atoms with Gasteiger partial charge in [-0.1, -0.05) is 30.6 Å². The second-order valence-electron chi connectivity index (χ2n) is 3.93. The zero-order chi connectivity index (χ0) is 13.0. The fourth-order valence-corrected chi connectivity index (χ4v) is 2.33. The van der Waals surface area contributed by atoms with E-state index < -0.39 is 0 Å². The van der Waals surface area contributed by atoms with Gasteiger partial charge in [-0.3, -0.25) is 4.79 Å². The number of thiocarbonyl (C=S) groups is 1. The van der Waals surface area contributed by atoms with E-state index in [0.717, 1.165) is 17.2 Å². The molecular weight excluding hydrogens is 256 g/mol. The van der Waals surface area contributed by atoms with Crippen molar-refractivity contribution in [3.63, 3.8) is 0 Å². The normalized spacial score (nSPS) is 10.6. The second-order valence-corrected chi connectivity index (χ2v) is 5.21. The van der Waals surface area contributed by atoms with Gasteiger partial charge in [0.1, 0.15) is 4.88 Å². The van der Waals surface area contributed by atoms with Gasteiger partial charge in [-0.05, 0) is 24.4 Å². The quantitative estimate of drug-likeness (QED) is 0.821. The van der Waals surface area contributed by atoms with Crippen LogP contribution in [0.3, 0.4) is 0 Å². The predicted molar refractivity (Wildman–Crippen MR) is 72.4 cm³/mol. The van der Waals surface area contributed by atoms with Crippen molar-refractivity contribution < 1.29 is 4.79 Å². The lowest BCUT2D eigenvalue weighted by molar-refractivity contribution is 0.0791. The van der Waals surface area contributed by atoms with Crippen molar-refractivity contribution in [2.24, 2.45) is 5.73 Å². The van der Waals surface area contributed by atoms with E-state index in [1.54, 1.807) is 4.90 Å². The Morgan fingerprint density at radius 2 is 2.24 bits per heavy atom. The molecule has 0 aliphatic rings. The fraction of sp³-hybridized carbons (Fsp3) is 0.600. The molecule has 0 fully saturated rings. The van der Waals surface area contributed by atoms with Crippen molar-refractivity contribution in [1.29, 1.82) is 0 Å². The topological polar surface area (TPSA) is 72.1 Å². The highest BCUT2D eigenvalue weighted by Gasteiger charge is 2.23. The largest absolute Gasteiger partial charge is 0.392 e. The SMILES string of the molecule is CCN(CC(N)=S)C(=O)c1snnc1C(C)C. The summed E-state index contributed by atoms with van der Waals surface area (Å²) in [6, 6.07) is 0. The van der Waals surface area contributed by atoms with Crippen molar-refractivity contribution in [1.82, 2.24) is 14.5 Å². The zero-order valence-corrected chi connectivity index (χ0v) is 11.8. The maximum Gasteiger partial charge on any atom is 0.267 e. The van der Waals surface area contributed by atoms with E-state index in [0.29, 0.717) is 23.0 Å². The number of hydrogen-bond donors (Lipinski definition) is 1. The molecule has 0 aliphatic carbocycles. The van der Waals surface area contributed by atoms with Crippen LogP contribution >= 0.6 is 23.8 Å². The van der Waals surface area contributed by atoms with E-state index >= 15 is 0 Å². The number of aromatic nitrogens is 2. The van der Waals surface area contributed by atoms with Crippen LogP contribution in [-0.2, 0) is 0 Å². The molecule has 1 heterocycles. The molecule has 1 rings (SSSR count). The summed E-state index contributed by atoms with van der Waals surface area (Å²) in [5.41, 5.74) is 6.21. The van der Waals surface area contributed by atoms with Crippen molar-refractivity contribution in [3.8, 4) is 0 Å². The Hall–Kier alpha value is -1.08. The van der Waals surface area contributed by atoms with E-state index in [2.05, 4.69) is 9.59 Å². The first kappa shape index (κ1) is 14.0. The van der Waals surface area contributed by atoms with Crippen LogP contribution in [0.5, 0.6) is 0 Å². The summed E-state index contributed by atoms with van der Waals surface area (Å²) in [7, 11) is 0. The number of rotatable bonds is 5. The van der Waals surface area contributed by atoms with Crippen LogP contribution in [0.2, 0.25) is 0 Å². The molecule has 0 spiro atoms. The van der Waals surface area contributed by atoms with Gasteiger partial charge in [0.25, 0.3) is 5.91 Å². The van der Waals surface area contributed by atoms with Gasteiger partial charge < -0.3 is 10.6 Å². The number of nitrogens with two attached hydrogens (primary N) is 1. The van der Waals surface area contributed by atoms with Gasteiger partial charge in [-0.2, -0.15) is 0 Å². The minimum Gasteiger partial charge on any atom is -0.392 e. The molecule has 2 N–H and O–H groups in total. The monoisotopic (exact) mass is 272 g/mol. The number of hydrogen-bond acceptors (Lipinski definition) is 5. The Bertz CT molecular complexity index is 416. The average Bonchev–Trinajstić information content (AvgIpc) is 2.73. The fourth-order valence-electron chi connectivity index (χ4n) is 1.38. The lowest BCUT2D eigenvalue weighted by Gasteiger charge is -2.19. The van der Waals surface area contributed by atoms with Gasteiger partial charge in [0.15, 0.2) is 0 Å². The number of carbonyl (C=O) groups excluding carboxylic acids is 1. The van der Waals surface area contributed by atoms with E-state index in [4.69, 9.17) is 18.0 Å². The summed E-state index contributed by atoms with van der Waals surface area (Å²) in [5, 5.41) is 3.99. The third-order valence-corrected chi connectivity index (χ3v) is 3.13. The number of amides is 1. The van der Waals surface area contributed by atoms with Crippen LogP contribution < -0.4 is 5.73 Å². The molecule has 0 saturated heterocycles. The molecule has 0 bridgehead atoms. The Balaban J connectivity index is 2.93. The van der Waals surface area contributed by atoms with Gasteiger partial charge in [-0.25, -0.2) is 0 Å². The Morgan fingerprint density at radius 3 is 2.71 bits per heavy atom. The summed E-state index contributed by atoms with van der Waals surface area (Å²) in [6.45, 7) is 6.71. The molecule has 17 heavy (non-hydrogen) atoms. The Kier molecular flexibility index (Phi) is 4.95. The van der Waals surface area contributed by atoms with Crippen LogP contribution in [0.25, 0.3) is 0 Å². The molecule has 7 heteroatoms. The van der Waals surface area contributed by atoms with E-state index in [1.807, 2.05) is 20.8 Å². The summed E-state index contributed by atoms with van der Waals surface area (Å²) < 4.78 is 3.84. The first-order valence-corrected chi connectivity index (χ1v) is 6.55.